The normalized spacial score (nSPS) is 10.5. The number of primary amides is 1. The molecule has 0 fully saturated rings. The molecule has 2 aromatic rings. The van der Waals surface area contributed by atoms with E-state index in [1.165, 1.54) is 12.3 Å². The highest BCUT2D eigenvalue weighted by Crippen LogP contribution is 2.10. The van der Waals surface area contributed by atoms with Crippen LogP contribution in [0.5, 0.6) is 0 Å². The maximum atomic E-state index is 13.0. The van der Waals surface area contributed by atoms with Crippen molar-refractivity contribution in [3.05, 3.63) is 65.2 Å². The number of halogens is 1. The molecule has 0 bridgehead atoms. The summed E-state index contributed by atoms with van der Waals surface area (Å²) >= 11 is 0. The van der Waals surface area contributed by atoms with Gasteiger partial charge in [0, 0.05) is 11.9 Å². The number of hydrogen-bond donors (Lipinski definition) is 1. The van der Waals surface area contributed by atoms with E-state index in [0.29, 0.717) is 5.56 Å². The second kappa shape index (κ2) is 7.53. The van der Waals surface area contributed by atoms with Gasteiger partial charge in [0.1, 0.15) is 5.82 Å². The van der Waals surface area contributed by atoms with Gasteiger partial charge in [-0.2, -0.15) is 0 Å². The van der Waals surface area contributed by atoms with E-state index in [4.69, 9.17) is 5.73 Å². The highest BCUT2D eigenvalue weighted by molar-refractivity contribution is 5.92. The number of nitrogens with two attached hydrogens (primary N) is 1. The average molecular weight is 286 g/mol. The summed E-state index contributed by atoms with van der Waals surface area (Å²) in [6.45, 7) is 0. The zero-order valence-electron chi connectivity index (χ0n) is 11.9. The molecule has 0 aliphatic heterocycles. The first-order valence-electron chi connectivity index (χ1n) is 7.14. The third-order valence-corrected chi connectivity index (χ3v) is 3.40. The first-order valence-corrected chi connectivity index (χ1v) is 7.14. The second-order valence-electron chi connectivity index (χ2n) is 5.09. The average Bonchev–Trinajstić information content (AvgIpc) is 2.47. The van der Waals surface area contributed by atoms with Crippen LogP contribution in [-0.4, -0.2) is 10.9 Å². The number of carbonyl (C=O) groups is 1. The molecular weight excluding hydrogens is 267 g/mol. The number of pyridine rings is 1. The first-order chi connectivity index (χ1) is 10.1. The second-order valence-corrected chi connectivity index (χ2v) is 5.09. The first kappa shape index (κ1) is 15.2. The Balaban J connectivity index is 1.69. The molecule has 0 saturated carbocycles. The number of aryl methyl sites for hydroxylation is 2. The van der Waals surface area contributed by atoms with Crippen molar-refractivity contribution < 1.29 is 9.18 Å². The molecule has 1 heterocycles. The molecule has 110 valence electrons. The minimum Gasteiger partial charge on any atom is -0.366 e. The number of unbranched alkanes of at least 4 members (excludes halogenated alkanes) is 2. The summed E-state index contributed by atoms with van der Waals surface area (Å²) in [4.78, 5) is 15.1. The fraction of sp³-hybridized carbons (Fsp3) is 0.294. The van der Waals surface area contributed by atoms with Crippen LogP contribution in [0.15, 0.2) is 42.6 Å². The van der Waals surface area contributed by atoms with Gasteiger partial charge in [-0.3, -0.25) is 9.78 Å². The molecule has 0 spiro atoms. The Hall–Kier alpha value is -2.23. The molecule has 2 rings (SSSR count). The van der Waals surface area contributed by atoms with E-state index in [0.717, 1.165) is 43.4 Å². The van der Waals surface area contributed by atoms with E-state index >= 15 is 0 Å². The van der Waals surface area contributed by atoms with Gasteiger partial charge in [0.2, 0.25) is 5.91 Å². The van der Waals surface area contributed by atoms with Gasteiger partial charge in [-0.15, -0.1) is 0 Å². The van der Waals surface area contributed by atoms with Gasteiger partial charge in [0.25, 0.3) is 0 Å². The number of nitrogens with zero attached hydrogens (tertiary/aromatic N) is 1. The van der Waals surface area contributed by atoms with Crippen molar-refractivity contribution in [1.29, 1.82) is 0 Å². The predicted octanol–water partition coefficient (Wildman–Crippen LogP) is 3.28. The molecule has 0 aliphatic carbocycles. The van der Waals surface area contributed by atoms with Crippen LogP contribution >= 0.6 is 0 Å². The number of rotatable bonds is 7. The van der Waals surface area contributed by atoms with Crippen LogP contribution in [0.1, 0.15) is 40.9 Å². The molecule has 1 aromatic heterocycles. The molecule has 21 heavy (non-hydrogen) atoms. The lowest BCUT2D eigenvalue weighted by Crippen LogP contribution is -2.11. The Bertz CT molecular complexity index is 596. The van der Waals surface area contributed by atoms with Crippen LogP contribution in [0.4, 0.5) is 4.39 Å². The van der Waals surface area contributed by atoms with Crippen LogP contribution < -0.4 is 5.73 Å². The molecule has 0 saturated heterocycles. The molecule has 4 heteroatoms. The lowest BCUT2D eigenvalue weighted by molar-refractivity contribution is 0.1000. The van der Waals surface area contributed by atoms with Crippen LogP contribution in [0.25, 0.3) is 0 Å². The Morgan fingerprint density at radius 2 is 1.90 bits per heavy atom. The quantitative estimate of drug-likeness (QED) is 0.794. The van der Waals surface area contributed by atoms with Gasteiger partial charge < -0.3 is 5.73 Å². The van der Waals surface area contributed by atoms with Crippen molar-refractivity contribution in [2.75, 3.05) is 0 Å². The monoisotopic (exact) mass is 286 g/mol. The number of benzene rings is 1. The Kier molecular flexibility index (Phi) is 5.43. The molecule has 0 atom stereocenters. The summed E-state index contributed by atoms with van der Waals surface area (Å²) in [6.07, 6.45) is 6.41. The molecule has 0 aliphatic rings. The van der Waals surface area contributed by atoms with E-state index in [1.54, 1.807) is 18.2 Å². The molecule has 2 N–H and O–H groups in total. The van der Waals surface area contributed by atoms with Crippen molar-refractivity contribution >= 4 is 5.91 Å². The highest BCUT2D eigenvalue weighted by Gasteiger charge is 2.01. The molecule has 1 aromatic carbocycles. The smallest absolute Gasteiger partial charge is 0.250 e. The van der Waals surface area contributed by atoms with Gasteiger partial charge in [-0.05, 0) is 55.5 Å². The molecule has 3 nitrogen and oxygen atoms in total. The fourth-order valence-electron chi connectivity index (χ4n) is 2.22. The van der Waals surface area contributed by atoms with Crippen molar-refractivity contribution in [3.8, 4) is 0 Å². The van der Waals surface area contributed by atoms with Crippen LogP contribution in [0.3, 0.4) is 0 Å². The zero-order chi connectivity index (χ0) is 15.1. The zero-order valence-corrected chi connectivity index (χ0v) is 11.9. The number of aromatic nitrogens is 1. The molecule has 1 amide bonds. The van der Waals surface area contributed by atoms with Crippen LogP contribution in [0.2, 0.25) is 0 Å². The van der Waals surface area contributed by atoms with E-state index in [1.807, 2.05) is 12.1 Å². The summed E-state index contributed by atoms with van der Waals surface area (Å²) in [7, 11) is 0. The summed E-state index contributed by atoms with van der Waals surface area (Å²) in [5, 5.41) is 0. The third kappa shape index (κ3) is 4.99. The minimum absolute atomic E-state index is 0.175. The number of hydrogen-bond acceptors (Lipinski definition) is 2. The van der Waals surface area contributed by atoms with Gasteiger partial charge in [0.05, 0.1) is 5.56 Å². The molecule has 0 unspecified atom stereocenters. The van der Waals surface area contributed by atoms with Crippen LogP contribution in [-0.2, 0) is 12.8 Å². The Labute approximate surface area is 124 Å². The lowest BCUT2D eigenvalue weighted by atomic mass is 10.0. The Morgan fingerprint density at radius 3 is 2.57 bits per heavy atom. The minimum atomic E-state index is -0.454. The van der Waals surface area contributed by atoms with Crippen molar-refractivity contribution in [2.45, 2.75) is 32.1 Å². The van der Waals surface area contributed by atoms with Gasteiger partial charge >= 0.3 is 0 Å². The van der Waals surface area contributed by atoms with E-state index in [9.17, 15) is 9.18 Å². The van der Waals surface area contributed by atoms with Crippen molar-refractivity contribution in [1.82, 2.24) is 4.98 Å². The topological polar surface area (TPSA) is 56.0 Å². The van der Waals surface area contributed by atoms with Gasteiger partial charge in [0.15, 0.2) is 0 Å². The largest absolute Gasteiger partial charge is 0.366 e. The van der Waals surface area contributed by atoms with Gasteiger partial charge in [-0.1, -0.05) is 18.6 Å². The fourth-order valence-corrected chi connectivity index (χ4v) is 2.22. The SMILES string of the molecule is NC(=O)c1ccc(CCCCCc2cccc(F)c2)nc1. The van der Waals surface area contributed by atoms with Crippen molar-refractivity contribution in [2.24, 2.45) is 5.73 Å². The standard InChI is InChI=1S/C17H19FN2O/c18-15-7-4-6-13(11-15)5-2-1-3-8-16-10-9-14(12-20-16)17(19)21/h4,6-7,9-12H,1-3,5,8H2,(H2,19,21). The maximum absolute atomic E-state index is 13.0. The predicted molar refractivity (Wildman–Crippen MR) is 80.4 cm³/mol. The molecule has 0 radical (unpaired) electrons. The van der Waals surface area contributed by atoms with E-state index in [-0.39, 0.29) is 5.82 Å². The van der Waals surface area contributed by atoms with E-state index in [2.05, 4.69) is 4.98 Å². The Morgan fingerprint density at radius 1 is 1.10 bits per heavy atom. The maximum Gasteiger partial charge on any atom is 0.250 e. The van der Waals surface area contributed by atoms with Gasteiger partial charge in [-0.25, -0.2) is 4.39 Å². The summed E-state index contributed by atoms with van der Waals surface area (Å²) in [6, 6.07) is 10.3. The van der Waals surface area contributed by atoms with E-state index < -0.39 is 5.91 Å². The summed E-state index contributed by atoms with van der Waals surface area (Å²) in [5.74, 6) is -0.629. The number of carbonyl (C=O) groups excluding carboxylic acids is 1. The highest BCUT2D eigenvalue weighted by atomic mass is 19.1. The summed E-state index contributed by atoms with van der Waals surface area (Å²) < 4.78 is 13.0. The summed E-state index contributed by atoms with van der Waals surface area (Å²) in [5.41, 5.74) is 7.60. The van der Waals surface area contributed by atoms with Crippen LogP contribution in [0, 0.1) is 5.82 Å². The molecular formula is C17H19FN2O. The van der Waals surface area contributed by atoms with Crippen molar-refractivity contribution in [3.63, 3.8) is 0 Å². The number of amides is 1. The lowest BCUT2D eigenvalue weighted by Gasteiger charge is -2.03. The third-order valence-electron chi connectivity index (χ3n) is 3.40.